The van der Waals surface area contributed by atoms with Crippen molar-refractivity contribution in [3.05, 3.63) is 48.7 Å². The van der Waals surface area contributed by atoms with Crippen LogP contribution in [0.25, 0.3) is 0 Å². The van der Waals surface area contributed by atoms with Gasteiger partial charge in [-0.15, -0.1) is 0 Å². The summed E-state index contributed by atoms with van der Waals surface area (Å²) in [6, 6.07) is 0. The predicted octanol–water partition coefficient (Wildman–Crippen LogP) is 6.29. The van der Waals surface area contributed by atoms with E-state index < -0.39 is 0 Å². The molecule has 0 rings (SSSR count). The van der Waals surface area contributed by atoms with Gasteiger partial charge in [0.1, 0.15) is 0 Å². The molecule has 2 N–H and O–H groups in total. The Morgan fingerprint density at radius 2 is 1.12 bits per heavy atom. The highest BCUT2D eigenvalue weighted by molar-refractivity contribution is 5.08. The molecule has 0 aliphatic carbocycles. The molecular weight excluding hydrogens is 304 g/mol. The van der Waals surface area contributed by atoms with Crippen LogP contribution in [-0.4, -0.2) is 19.6 Å². The fourth-order valence-corrected chi connectivity index (χ4v) is 2.88. The second-order valence-corrected chi connectivity index (χ2v) is 7.55. The maximum absolute atomic E-state index is 4.07. The number of hydrogen-bond donors (Lipinski definition) is 2. The summed E-state index contributed by atoms with van der Waals surface area (Å²) in [5.41, 5.74) is 4.71. The van der Waals surface area contributed by atoms with E-state index in [-0.39, 0.29) is 0 Å². The minimum atomic E-state index is 0.900. The van der Waals surface area contributed by atoms with Gasteiger partial charge in [-0.1, -0.05) is 81.6 Å². The predicted molar refractivity (Wildman–Crippen MR) is 115 cm³/mol. The third-order valence-electron chi connectivity index (χ3n) is 4.10. The van der Waals surface area contributed by atoms with E-state index in [1.807, 2.05) is 6.92 Å². The van der Waals surface area contributed by atoms with Crippen molar-refractivity contribution >= 4 is 0 Å². The monoisotopic (exact) mass is 346 g/mol. The van der Waals surface area contributed by atoms with Crippen molar-refractivity contribution in [3.8, 4) is 0 Å². The first kappa shape index (κ1) is 23.7. The molecule has 0 aromatic rings. The molecule has 0 amide bonds. The van der Waals surface area contributed by atoms with Crippen LogP contribution >= 0.6 is 0 Å². The molecule has 0 unspecified atom stereocenters. The van der Waals surface area contributed by atoms with Gasteiger partial charge in [-0.25, -0.2) is 0 Å². The van der Waals surface area contributed by atoms with Crippen LogP contribution < -0.4 is 10.6 Å². The normalized spacial score (nSPS) is 10.5. The highest BCUT2D eigenvalue weighted by atomic mass is 14.9. The maximum atomic E-state index is 4.07. The lowest BCUT2D eigenvalue weighted by Gasteiger charge is -2.09. The van der Waals surface area contributed by atoms with E-state index in [1.165, 1.54) is 68.1 Å². The summed E-state index contributed by atoms with van der Waals surface area (Å²) in [7, 11) is 0. The summed E-state index contributed by atoms with van der Waals surface area (Å²) in [6.45, 7) is 23.1. The minimum absolute atomic E-state index is 0.900. The van der Waals surface area contributed by atoms with Gasteiger partial charge < -0.3 is 10.6 Å². The van der Waals surface area contributed by atoms with Crippen LogP contribution in [0.2, 0.25) is 0 Å². The van der Waals surface area contributed by atoms with Gasteiger partial charge in [-0.2, -0.15) is 0 Å². The Kier molecular flexibility index (Phi) is 15.4. The van der Waals surface area contributed by atoms with Crippen LogP contribution in [-0.2, 0) is 0 Å². The van der Waals surface area contributed by atoms with Crippen molar-refractivity contribution in [2.24, 2.45) is 0 Å². The number of hydrogen-bond acceptors (Lipinski definition) is 2. The first-order valence-electron chi connectivity index (χ1n) is 9.99. The maximum Gasteiger partial charge on any atom is 0.0165 e. The first-order valence-corrected chi connectivity index (χ1v) is 9.99. The van der Waals surface area contributed by atoms with Crippen LogP contribution in [0.5, 0.6) is 0 Å². The molecule has 144 valence electrons. The van der Waals surface area contributed by atoms with Crippen LogP contribution in [0.15, 0.2) is 48.7 Å². The Bertz CT molecular complexity index is 368. The molecular formula is C23H42N2. The molecule has 0 heterocycles. The second kappa shape index (κ2) is 16.2. The van der Waals surface area contributed by atoms with Gasteiger partial charge in [0.2, 0.25) is 0 Å². The van der Waals surface area contributed by atoms with Crippen molar-refractivity contribution in [1.82, 2.24) is 10.6 Å². The molecule has 0 spiro atoms. The van der Waals surface area contributed by atoms with Gasteiger partial charge in [-0.3, -0.25) is 0 Å². The molecule has 0 saturated heterocycles. The fraction of sp³-hybridized carbons (Fsp3) is 0.652. The quantitative estimate of drug-likeness (QED) is 0.225. The van der Waals surface area contributed by atoms with Gasteiger partial charge in [-0.05, 0) is 39.7 Å². The molecule has 25 heavy (non-hydrogen) atoms. The van der Waals surface area contributed by atoms with Gasteiger partial charge in [0, 0.05) is 25.2 Å². The molecule has 0 atom stereocenters. The standard InChI is InChI=1S/C23H42N2/c1-20(2)17-22(5)19-24-15-13-11-9-7-8-10-12-14-16-25-23(6)18-21(3)4/h24-25H,1,3,5-19H2,2,4H3. The van der Waals surface area contributed by atoms with Crippen molar-refractivity contribution < 1.29 is 0 Å². The molecule has 0 aliphatic rings. The average Bonchev–Trinajstić information content (AvgIpc) is 2.50. The summed E-state index contributed by atoms with van der Waals surface area (Å²) in [6.07, 6.45) is 12.5. The summed E-state index contributed by atoms with van der Waals surface area (Å²) in [5, 5.41) is 6.87. The van der Waals surface area contributed by atoms with E-state index in [0.29, 0.717) is 0 Å². The van der Waals surface area contributed by atoms with Crippen molar-refractivity contribution in [2.45, 2.75) is 78.1 Å². The van der Waals surface area contributed by atoms with Gasteiger partial charge >= 0.3 is 0 Å². The van der Waals surface area contributed by atoms with E-state index in [4.69, 9.17) is 0 Å². The summed E-state index contributed by atoms with van der Waals surface area (Å²) in [5.74, 6) is 0. The zero-order valence-electron chi connectivity index (χ0n) is 17.0. The number of rotatable bonds is 18. The van der Waals surface area contributed by atoms with E-state index in [1.54, 1.807) is 0 Å². The molecule has 0 aliphatic heterocycles. The first-order chi connectivity index (χ1) is 11.9. The highest BCUT2D eigenvalue weighted by Crippen LogP contribution is 2.09. The summed E-state index contributed by atoms with van der Waals surface area (Å²) < 4.78 is 0. The lowest BCUT2D eigenvalue weighted by Crippen LogP contribution is -2.18. The Morgan fingerprint density at radius 3 is 1.64 bits per heavy atom. The zero-order valence-corrected chi connectivity index (χ0v) is 17.0. The Morgan fingerprint density at radius 1 is 0.640 bits per heavy atom. The molecule has 2 heteroatoms. The van der Waals surface area contributed by atoms with E-state index in [2.05, 4.69) is 43.9 Å². The smallest absolute Gasteiger partial charge is 0.0165 e. The summed E-state index contributed by atoms with van der Waals surface area (Å²) >= 11 is 0. The Balaban J connectivity index is 3.21. The van der Waals surface area contributed by atoms with Crippen molar-refractivity contribution in [3.63, 3.8) is 0 Å². The van der Waals surface area contributed by atoms with Crippen molar-refractivity contribution in [1.29, 1.82) is 0 Å². The number of unbranched alkanes of at least 4 members (excludes halogenated alkanes) is 7. The topological polar surface area (TPSA) is 24.1 Å². The fourth-order valence-electron chi connectivity index (χ4n) is 2.88. The van der Waals surface area contributed by atoms with Crippen LogP contribution in [0, 0.1) is 0 Å². The second-order valence-electron chi connectivity index (χ2n) is 7.55. The van der Waals surface area contributed by atoms with E-state index in [0.717, 1.165) is 38.2 Å². The van der Waals surface area contributed by atoms with Gasteiger partial charge in [0.15, 0.2) is 0 Å². The van der Waals surface area contributed by atoms with Gasteiger partial charge in [0.25, 0.3) is 0 Å². The van der Waals surface area contributed by atoms with Gasteiger partial charge in [0.05, 0.1) is 0 Å². The summed E-state index contributed by atoms with van der Waals surface area (Å²) in [4.78, 5) is 0. The molecule has 0 bridgehead atoms. The minimum Gasteiger partial charge on any atom is -0.389 e. The van der Waals surface area contributed by atoms with Crippen molar-refractivity contribution in [2.75, 3.05) is 19.6 Å². The third kappa shape index (κ3) is 18.9. The molecule has 0 fully saturated rings. The average molecular weight is 347 g/mol. The highest BCUT2D eigenvalue weighted by Gasteiger charge is 1.97. The largest absolute Gasteiger partial charge is 0.389 e. The van der Waals surface area contributed by atoms with Crippen LogP contribution in [0.4, 0.5) is 0 Å². The molecule has 0 saturated carbocycles. The lowest BCUT2D eigenvalue weighted by molar-refractivity contribution is 0.550. The third-order valence-corrected chi connectivity index (χ3v) is 4.10. The molecule has 0 aromatic heterocycles. The molecule has 2 nitrogen and oxygen atoms in total. The molecule has 0 aromatic carbocycles. The Labute approximate surface area is 157 Å². The zero-order chi connectivity index (χ0) is 18.9. The number of allylic oxidation sites excluding steroid dienone is 2. The lowest BCUT2D eigenvalue weighted by atomic mass is 10.1. The SMILES string of the molecule is C=C(C)CC(=C)CNCCCCCCCCCCNC(=C)CC(=C)C. The number of nitrogens with one attached hydrogen (secondary N) is 2. The van der Waals surface area contributed by atoms with E-state index in [9.17, 15) is 0 Å². The van der Waals surface area contributed by atoms with Crippen LogP contribution in [0.1, 0.15) is 78.1 Å². The van der Waals surface area contributed by atoms with E-state index >= 15 is 0 Å². The Hall–Kier alpha value is -1.28. The van der Waals surface area contributed by atoms with Crippen LogP contribution in [0.3, 0.4) is 0 Å². The molecule has 0 radical (unpaired) electrons.